The third kappa shape index (κ3) is 3.51. The average Bonchev–Trinajstić information content (AvgIpc) is 3.24. The van der Waals surface area contributed by atoms with Gasteiger partial charge in [0.05, 0.1) is 4.90 Å². The molecule has 0 bridgehead atoms. The average molecular weight is 428 g/mol. The van der Waals surface area contributed by atoms with Gasteiger partial charge >= 0.3 is 6.18 Å². The van der Waals surface area contributed by atoms with Crippen molar-refractivity contribution < 1.29 is 36.2 Å². The predicted octanol–water partition coefficient (Wildman–Crippen LogP) is 2.33. The van der Waals surface area contributed by atoms with E-state index in [1.165, 1.54) is 42.5 Å². The van der Waals surface area contributed by atoms with Gasteiger partial charge in [-0.1, -0.05) is 0 Å². The Kier molecular flexibility index (Phi) is 4.46. The molecule has 1 N–H and O–H groups in total. The van der Waals surface area contributed by atoms with Crippen LogP contribution in [0, 0.1) is 0 Å². The van der Waals surface area contributed by atoms with Gasteiger partial charge in [0.2, 0.25) is 6.79 Å². The Labute approximate surface area is 163 Å². The van der Waals surface area contributed by atoms with Crippen molar-refractivity contribution in [3.8, 4) is 11.5 Å². The summed E-state index contributed by atoms with van der Waals surface area (Å²) in [5.74, 6) is 0.626. The van der Waals surface area contributed by atoms with E-state index in [1.807, 2.05) is 0 Å². The molecule has 0 aromatic heterocycles. The molecule has 0 spiro atoms. The highest BCUT2D eigenvalue weighted by atomic mass is 32.2. The van der Waals surface area contributed by atoms with Gasteiger partial charge in [-0.3, -0.25) is 4.90 Å². The van der Waals surface area contributed by atoms with E-state index in [9.17, 15) is 26.7 Å². The van der Waals surface area contributed by atoms with E-state index in [0.29, 0.717) is 11.5 Å². The molecule has 0 saturated heterocycles. The zero-order valence-corrected chi connectivity index (χ0v) is 15.7. The minimum atomic E-state index is -4.78. The second-order valence-corrected chi connectivity index (χ2v) is 8.57. The number of halogens is 3. The standard InChI is InChI=1S/C18H15F3N2O5S/c1-29(25,26)12-5-2-10(3-6-12)16-22-15(18(19,20)21)17(24)23(16)11-4-7-13-14(8-11)28-9-27-13/h2-8,15,17,24H,9H2,1H3. The summed E-state index contributed by atoms with van der Waals surface area (Å²) in [7, 11) is -3.47. The first kappa shape index (κ1) is 19.5. The Hall–Kier alpha value is -2.79. The molecule has 2 aliphatic heterocycles. The van der Waals surface area contributed by atoms with Gasteiger partial charge in [0, 0.05) is 23.6 Å². The monoisotopic (exact) mass is 428 g/mol. The third-order valence-electron chi connectivity index (χ3n) is 4.55. The van der Waals surface area contributed by atoms with Gasteiger partial charge in [-0.25, -0.2) is 13.4 Å². The number of nitrogens with zero attached hydrogens (tertiary/aromatic N) is 2. The van der Waals surface area contributed by atoms with Crippen LogP contribution in [-0.2, 0) is 9.84 Å². The number of benzene rings is 2. The Morgan fingerprint density at radius 1 is 1.10 bits per heavy atom. The van der Waals surface area contributed by atoms with Gasteiger partial charge in [-0.15, -0.1) is 0 Å². The topological polar surface area (TPSA) is 88.4 Å². The molecule has 0 saturated carbocycles. The maximum Gasteiger partial charge on any atom is 0.415 e. The van der Waals surface area contributed by atoms with Crippen molar-refractivity contribution in [2.24, 2.45) is 4.99 Å². The van der Waals surface area contributed by atoms with Crippen molar-refractivity contribution in [2.75, 3.05) is 17.9 Å². The molecule has 0 aliphatic carbocycles. The van der Waals surface area contributed by atoms with Crippen LogP contribution < -0.4 is 14.4 Å². The second-order valence-electron chi connectivity index (χ2n) is 6.56. The number of rotatable bonds is 3. The molecular weight excluding hydrogens is 413 g/mol. The van der Waals surface area contributed by atoms with Crippen LogP contribution in [0.3, 0.4) is 0 Å². The number of aliphatic hydroxyl groups excluding tert-OH is 1. The lowest BCUT2D eigenvalue weighted by molar-refractivity contribution is -0.163. The van der Waals surface area contributed by atoms with Gasteiger partial charge in [0.25, 0.3) is 0 Å². The van der Waals surface area contributed by atoms with Gasteiger partial charge in [-0.2, -0.15) is 13.2 Å². The van der Waals surface area contributed by atoms with Crippen LogP contribution in [0.15, 0.2) is 52.4 Å². The fourth-order valence-corrected chi connectivity index (χ4v) is 3.77. The highest BCUT2D eigenvalue weighted by Crippen LogP contribution is 2.40. The van der Waals surface area contributed by atoms with Crippen LogP contribution >= 0.6 is 0 Å². The van der Waals surface area contributed by atoms with Gasteiger partial charge in [0.1, 0.15) is 5.84 Å². The molecule has 29 heavy (non-hydrogen) atoms. The molecule has 7 nitrogen and oxygen atoms in total. The smallest absolute Gasteiger partial charge is 0.415 e. The number of aliphatic imine (C=N–C) groups is 1. The van der Waals surface area contributed by atoms with Crippen LogP contribution in [0.4, 0.5) is 18.9 Å². The summed E-state index contributed by atoms with van der Waals surface area (Å²) in [6.07, 6.45) is -5.75. The number of ether oxygens (including phenoxy) is 2. The summed E-state index contributed by atoms with van der Waals surface area (Å²) in [6.45, 7) is -0.0135. The maximum absolute atomic E-state index is 13.4. The van der Waals surface area contributed by atoms with Crippen LogP contribution in [0.5, 0.6) is 11.5 Å². The number of hydrogen-bond donors (Lipinski definition) is 1. The number of aliphatic hydroxyl groups is 1. The zero-order valence-electron chi connectivity index (χ0n) is 14.9. The van der Waals surface area contributed by atoms with Gasteiger partial charge in [-0.05, 0) is 36.4 Å². The highest BCUT2D eigenvalue weighted by Gasteiger charge is 2.52. The molecule has 2 aromatic rings. The molecular formula is C18H15F3N2O5S. The van der Waals surface area contributed by atoms with Crippen molar-refractivity contribution in [1.82, 2.24) is 0 Å². The van der Waals surface area contributed by atoms with E-state index >= 15 is 0 Å². The minimum Gasteiger partial charge on any atom is -0.454 e. The summed E-state index contributed by atoms with van der Waals surface area (Å²) >= 11 is 0. The molecule has 11 heteroatoms. The van der Waals surface area contributed by atoms with Crippen LogP contribution in [0.25, 0.3) is 0 Å². The molecule has 0 amide bonds. The quantitative estimate of drug-likeness (QED) is 0.808. The largest absolute Gasteiger partial charge is 0.454 e. The summed E-state index contributed by atoms with van der Waals surface area (Å²) in [6, 6.07) is 7.34. The first-order valence-electron chi connectivity index (χ1n) is 8.38. The van der Waals surface area contributed by atoms with Gasteiger partial charge < -0.3 is 14.6 Å². The first-order chi connectivity index (χ1) is 13.6. The number of sulfone groups is 1. The molecule has 154 valence electrons. The van der Waals surface area contributed by atoms with Crippen LogP contribution in [-0.4, -0.2) is 50.9 Å². The molecule has 0 radical (unpaired) electrons. The normalized spacial score (nSPS) is 21.4. The lowest BCUT2D eigenvalue weighted by Crippen LogP contribution is -2.45. The van der Waals surface area contributed by atoms with E-state index in [-0.39, 0.29) is 28.8 Å². The number of hydrogen-bond acceptors (Lipinski definition) is 7. The number of alkyl halides is 3. The van der Waals surface area contributed by atoms with Crippen molar-refractivity contribution >= 4 is 21.4 Å². The van der Waals surface area contributed by atoms with Crippen molar-refractivity contribution in [2.45, 2.75) is 23.3 Å². The minimum absolute atomic E-state index is 0.0135. The lowest BCUT2D eigenvalue weighted by Gasteiger charge is -2.27. The van der Waals surface area contributed by atoms with E-state index in [1.54, 1.807) is 0 Å². The Balaban J connectivity index is 1.79. The SMILES string of the molecule is CS(=O)(=O)c1ccc(C2=NC(C(F)(F)F)C(O)N2c2ccc3c(c2)OCO3)cc1. The lowest BCUT2D eigenvalue weighted by atomic mass is 10.1. The Morgan fingerprint density at radius 2 is 1.76 bits per heavy atom. The molecule has 4 rings (SSSR count). The number of fused-ring (bicyclic) bond motifs is 1. The third-order valence-corrected chi connectivity index (χ3v) is 5.68. The molecule has 2 aromatic carbocycles. The summed E-state index contributed by atoms with van der Waals surface area (Å²) < 4.78 is 74.0. The van der Waals surface area contributed by atoms with E-state index < -0.39 is 28.3 Å². The van der Waals surface area contributed by atoms with Crippen molar-refractivity contribution in [1.29, 1.82) is 0 Å². The summed E-state index contributed by atoms with van der Waals surface area (Å²) in [5, 5.41) is 10.4. The van der Waals surface area contributed by atoms with E-state index in [4.69, 9.17) is 9.47 Å². The number of anilines is 1. The Morgan fingerprint density at radius 3 is 2.38 bits per heavy atom. The molecule has 2 heterocycles. The number of amidine groups is 1. The zero-order chi connectivity index (χ0) is 21.0. The van der Waals surface area contributed by atoms with E-state index in [0.717, 1.165) is 11.2 Å². The van der Waals surface area contributed by atoms with Crippen LogP contribution in [0.2, 0.25) is 0 Å². The van der Waals surface area contributed by atoms with E-state index in [2.05, 4.69) is 4.99 Å². The van der Waals surface area contributed by atoms with Crippen molar-refractivity contribution in [3.05, 3.63) is 48.0 Å². The summed E-state index contributed by atoms with van der Waals surface area (Å²) in [5.41, 5.74) is 0.445. The molecule has 2 atom stereocenters. The summed E-state index contributed by atoms with van der Waals surface area (Å²) in [4.78, 5) is 4.75. The highest BCUT2D eigenvalue weighted by molar-refractivity contribution is 7.90. The van der Waals surface area contributed by atoms with Crippen molar-refractivity contribution in [3.63, 3.8) is 0 Å². The van der Waals surface area contributed by atoms with Gasteiger partial charge in [0.15, 0.2) is 33.6 Å². The fraction of sp³-hybridized carbons (Fsp3) is 0.278. The maximum atomic E-state index is 13.4. The second kappa shape index (κ2) is 6.63. The molecule has 0 fully saturated rings. The fourth-order valence-electron chi connectivity index (χ4n) is 3.14. The first-order valence-corrected chi connectivity index (χ1v) is 10.3. The molecule has 2 aliphatic rings. The molecule has 2 unspecified atom stereocenters. The van der Waals surface area contributed by atoms with Crippen LogP contribution in [0.1, 0.15) is 5.56 Å². The predicted molar refractivity (Wildman–Crippen MR) is 97.0 cm³/mol. The Bertz CT molecular complexity index is 1080.